The van der Waals surface area contributed by atoms with Crippen LogP contribution in [0.15, 0.2) is 67.8 Å². The third-order valence-corrected chi connectivity index (χ3v) is 2.83. The molecule has 0 heterocycles. The molecule has 2 aromatic carbocycles. The van der Waals surface area contributed by atoms with Crippen LogP contribution in [0.3, 0.4) is 0 Å². The third-order valence-electron chi connectivity index (χ3n) is 2.83. The van der Waals surface area contributed by atoms with E-state index >= 15 is 0 Å². The van der Waals surface area contributed by atoms with Gasteiger partial charge in [-0.05, 0) is 35.4 Å². The molecule has 0 N–H and O–H groups in total. The van der Waals surface area contributed by atoms with E-state index in [1.54, 1.807) is 24.3 Å². The first-order valence-corrected chi connectivity index (χ1v) is 6.61. The van der Waals surface area contributed by atoms with E-state index < -0.39 is 17.8 Å². The van der Waals surface area contributed by atoms with Gasteiger partial charge in [0.1, 0.15) is 17.3 Å². The Hall–Kier alpha value is -3.21. The molecular weight excluding hydrogens is 299 g/mol. The van der Waals surface area contributed by atoms with Gasteiger partial charge in [0.15, 0.2) is 0 Å². The zero-order valence-corrected chi connectivity index (χ0v) is 12.1. The first-order chi connectivity index (χ1) is 11.0. The van der Waals surface area contributed by atoms with Gasteiger partial charge in [0.25, 0.3) is 0 Å². The number of carbonyl (C=O) groups is 2. The Morgan fingerprint density at radius 3 is 1.96 bits per heavy atom. The monoisotopic (exact) mass is 312 g/mol. The molecule has 0 aliphatic carbocycles. The molecule has 0 atom stereocenters. The Balaban J connectivity index is 2.27. The fourth-order valence-corrected chi connectivity index (χ4v) is 1.82. The maximum atomic E-state index is 13.7. The van der Waals surface area contributed by atoms with Gasteiger partial charge in [0.05, 0.1) is 0 Å². The number of hydrogen-bond donors (Lipinski definition) is 0. The van der Waals surface area contributed by atoms with Gasteiger partial charge >= 0.3 is 11.9 Å². The molecule has 0 radical (unpaired) electrons. The fourth-order valence-electron chi connectivity index (χ4n) is 1.82. The van der Waals surface area contributed by atoms with Crippen LogP contribution < -0.4 is 9.47 Å². The van der Waals surface area contributed by atoms with Crippen molar-refractivity contribution in [2.75, 3.05) is 0 Å². The molecule has 116 valence electrons. The topological polar surface area (TPSA) is 52.6 Å². The van der Waals surface area contributed by atoms with Crippen LogP contribution >= 0.6 is 0 Å². The minimum absolute atomic E-state index is 0.0760. The van der Waals surface area contributed by atoms with Crippen molar-refractivity contribution < 1.29 is 23.5 Å². The molecule has 0 amide bonds. The molecule has 23 heavy (non-hydrogen) atoms. The number of hydrogen-bond acceptors (Lipinski definition) is 4. The Labute approximate surface area is 132 Å². The highest BCUT2D eigenvalue weighted by molar-refractivity contribution is 5.84. The summed E-state index contributed by atoms with van der Waals surface area (Å²) in [6.45, 7) is 6.59. The second kappa shape index (κ2) is 7.17. The summed E-state index contributed by atoms with van der Waals surface area (Å²) in [5.41, 5.74) is 1.18. The van der Waals surface area contributed by atoms with Crippen molar-refractivity contribution in [1.82, 2.24) is 0 Å². The van der Waals surface area contributed by atoms with Gasteiger partial charge in [-0.15, -0.1) is 0 Å². The summed E-state index contributed by atoms with van der Waals surface area (Å²) in [5, 5.41) is 0. The second-order valence-corrected chi connectivity index (χ2v) is 4.45. The van der Waals surface area contributed by atoms with Gasteiger partial charge in [0, 0.05) is 18.2 Å². The van der Waals surface area contributed by atoms with E-state index in [1.807, 2.05) is 0 Å². The predicted molar refractivity (Wildman–Crippen MR) is 83.5 cm³/mol. The standard InChI is InChI=1S/C18H13FO4/c1-3-17(20)22-15-7-5-12(6-8-15)13-9-14(19)11-16(10-13)23-18(21)4-2/h3-11H,1-2H2. The largest absolute Gasteiger partial charge is 0.423 e. The maximum Gasteiger partial charge on any atom is 0.335 e. The number of rotatable bonds is 5. The molecule has 0 unspecified atom stereocenters. The van der Waals surface area contributed by atoms with Crippen LogP contribution in [0.25, 0.3) is 11.1 Å². The SMILES string of the molecule is C=CC(=O)Oc1ccc(-c2cc(F)cc(OC(=O)C=C)c2)cc1. The molecule has 0 bridgehead atoms. The van der Waals surface area contributed by atoms with Crippen LogP contribution in [-0.4, -0.2) is 11.9 Å². The normalized spacial score (nSPS) is 9.78. The van der Waals surface area contributed by atoms with E-state index in [1.165, 1.54) is 12.1 Å². The molecular formula is C18H13FO4. The van der Waals surface area contributed by atoms with Gasteiger partial charge < -0.3 is 9.47 Å². The number of ether oxygens (including phenoxy) is 2. The van der Waals surface area contributed by atoms with E-state index in [0.717, 1.165) is 18.2 Å². The lowest BCUT2D eigenvalue weighted by Crippen LogP contribution is -2.03. The Kier molecular flexibility index (Phi) is 5.04. The molecule has 4 nitrogen and oxygen atoms in total. The highest BCUT2D eigenvalue weighted by atomic mass is 19.1. The molecule has 0 aliphatic heterocycles. The molecule has 0 aromatic heterocycles. The molecule has 0 fully saturated rings. The van der Waals surface area contributed by atoms with E-state index in [-0.39, 0.29) is 5.75 Å². The number of esters is 2. The van der Waals surface area contributed by atoms with Gasteiger partial charge in [-0.2, -0.15) is 0 Å². The van der Waals surface area contributed by atoms with Gasteiger partial charge in [-0.3, -0.25) is 0 Å². The van der Waals surface area contributed by atoms with Crippen molar-refractivity contribution >= 4 is 11.9 Å². The van der Waals surface area contributed by atoms with Crippen LogP contribution in [0.1, 0.15) is 0 Å². The number of halogens is 1. The van der Waals surface area contributed by atoms with Crippen LogP contribution in [0.4, 0.5) is 4.39 Å². The molecule has 0 saturated carbocycles. The highest BCUT2D eigenvalue weighted by Crippen LogP contribution is 2.27. The predicted octanol–water partition coefficient (Wildman–Crippen LogP) is 3.68. The van der Waals surface area contributed by atoms with Gasteiger partial charge in [0.2, 0.25) is 0 Å². The zero-order valence-electron chi connectivity index (χ0n) is 12.1. The van der Waals surface area contributed by atoms with Crippen LogP contribution in [0, 0.1) is 5.82 Å². The fraction of sp³-hybridized carbons (Fsp3) is 0. The first kappa shape index (κ1) is 16.2. The lowest BCUT2D eigenvalue weighted by atomic mass is 10.1. The zero-order chi connectivity index (χ0) is 16.8. The number of carbonyl (C=O) groups excluding carboxylic acids is 2. The van der Waals surface area contributed by atoms with E-state index in [4.69, 9.17) is 9.47 Å². The van der Waals surface area contributed by atoms with Gasteiger partial charge in [-0.1, -0.05) is 25.3 Å². The average molecular weight is 312 g/mol. The van der Waals surface area contributed by atoms with E-state index in [0.29, 0.717) is 16.9 Å². The summed E-state index contributed by atoms with van der Waals surface area (Å²) < 4.78 is 23.5. The van der Waals surface area contributed by atoms with E-state index in [9.17, 15) is 14.0 Å². The van der Waals surface area contributed by atoms with Crippen LogP contribution in [0.5, 0.6) is 11.5 Å². The summed E-state index contributed by atoms with van der Waals surface area (Å²) in [6, 6.07) is 10.4. The lowest BCUT2D eigenvalue weighted by molar-refractivity contribution is -0.129. The summed E-state index contributed by atoms with van der Waals surface area (Å²) in [5.74, 6) is -1.37. The Bertz CT molecular complexity index is 763. The maximum absolute atomic E-state index is 13.7. The number of benzene rings is 2. The molecule has 2 aromatic rings. The minimum Gasteiger partial charge on any atom is -0.423 e. The third kappa shape index (κ3) is 4.38. The summed E-state index contributed by atoms with van der Waals surface area (Å²) in [4.78, 5) is 22.3. The van der Waals surface area contributed by atoms with E-state index in [2.05, 4.69) is 13.2 Å². The van der Waals surface area contributed by atoms with Crippen molar-refractivity contribution in [2.45, 2.75) is 0 Å². The summed E-state index contributed by atoms with van der Waals surface area (Å²) in [7, 11) is 0. The van der Waals surface area contributed by atoms with Crippen LogP contribution in [-0.2, 0) is 9.59 Å². The van der Waals surface area contributed by atoms with Crippen LogP contribution in [0.2, 0.25) is 0 Å². The van der Waals surface area contributed by atoms with Crippen molar-refractivity contribution in [2.24, 2.45) is 0 Å². The highest BCUT2D eigenvalue weighted by Gasteiger charge is 2.07. The van der Waals surface area contributed by atoms with Crippen molar-refractivity contribution in [3.63, 3.8) is 0 Å². The molecule has 2 rings (SSSR count). The second-order valence-electron chi connectivity index (χ2n) is 4.45. The molecule has 0 aliphatic rings. The first-order valence-electron chi connectivity index (χ1n) is 6.61. The summed E-state index contributed by atoms with van der Waals surface area (Å²) in [6.07, 6.45) is 2.05. The molecule has 0 saturated heterocycles. The molecule has 0 spiro atoms. The van der Waals surface area contributed by atoms with Crippen molar-refractivity contribution in [1.29, 1.82) is 0 Å². The Morgan fingerprint density at radius 2 is 1.39 bits per heavy atom. The molecule has 5 heteroatoms. The minimum atomic E-state index is -0.673. The smallest absolute Gasteiger partial charge is 0.335 e. The summed E-state index contributed by atoms with van der Waals surface area (Å²) >= 11 is 0. The van der Waals surface area contributed by atoms with Gasteiger partial charge in [-0.25, -0.2) is 14.0 Å². The lowest BCUT2D eigenvalue weighted by Gasteiger charge is -2.07. The van der Waals surface area contributed by atoms with Crippen molar-refractivity contribution in [3.05, 3.63) is 73.6 Å². The van der Waals surface area contributed by atoms with Crippen molar-refractivity contribution in [3.8, 4) is 22.6 Å². The quantitative estimate of drug-likeness (QED) is 0.480. The average Bonchev–Trinajstić information content (AvgIpc) is 2.54. The Morgan fingerprint density at radius 1 is 0.826 bits per heavy atom.